The van der Waals surface area contributed by atoms with Crippen LogP contribution in [0.2, 0.25) is 0 Å². The molecule has 1 amide bonds. The third-order valence-corrected chi connectivity index (χ3v) is 2.29. The summed E-state index contributed by atoms with van der Waals surface area (Å²) in [5, 5.41) is 0. The first-order valence-electron chi connectivity index (χ1n) is 5.41. The van der Waals surface area contributed by atoms with E-state index in [1.54, 1.807) is 6.07 Å². The quantitative estimate of drug-likeness (QED) is 0.692. The third kappa shape index (κ3) is 3.60. The Hall–Kier alpha value is -1.82. The molecule has 6 heteroatoms. The minimum atomic E-state index is -0.565. The van der Waals surface area contributed by atoms with Gasteiger partial charge in [-0.05, 0) is 19.1 Å². The third-order valence-electron chi connectivity index (χ3n) is 2.29. The molecule has 0 saturated carbocycles. The Morgan fingerprint density at radius 3 is 2.82 bits per heavy atom. The van der Waals surface area contributed by atoms with Crippen LogP contribution in [0.4, 0.5) is 11.5 Å². The lowest BCUT2D eigenvalue weighted by atomic mass is 10.3. The maximum Gasteiger partial charge on any atom is 0.267 e. The molecule has 0 atom stereocenters. The molecule has 1 rings (SSSR count). The van der Waals surface area contributed by atoms with E-state index >= 15 is 0 Å². The number of nitrogens with two attached hydrogens (primary N) is 2. The second kappa shape index (κ2) is 6.05. The Morgan fingerprint density at radius 2 is 2.24 bits per heavy atom. The molecule has 4 N–H and O–H groups in total. The highest BCUT2D eigenvalue weighted by molar-refractivity contribution is 5.91. The average molecular weight is 238 g/mol. The van der Waals surface area contributed by atoms with Crippen molar-refractivity contribution >= 4 is 17.4 Å². The number of hydrogen-bond donors (Lipinski definition) is 2. The molecule has 17 heavy (non-hydrogen) atoms. The van der Waals surface area contributed by atoms with E-state index in [9.17, 15) is 4.79 Å². The second-order valence-electron chi connectivity index (χ2n) is 3.59. The van der Waals surface area contributed by atoms with Crippen molar-refractivity contribution in [1.29, 1.82) is 0 Å². The van der Waals surface area contributed by atoms with Crippen molar-refractivity contribution in [3.05, 3.63) is 17.8 Å². The standard InChI is InChI=1S/C11H18N4O2/c1-3-17-7-6-15(2)11-8(12)4-5-9(14-11)10(13)16/h4-5H,3,6-7,12H2,1-2H3,(H2,13,16). The van der Waals surface area contributed by atoms with Crippen LogP contribution in [0.1, 0.15) is 17.4 Å². The van der Waals surface area contributed by atoms with E-state index in [4.69, 9.17) is 16.2 Å². The monoisotopic (exact) mass is 238 g/mol. The number of hydrogen-bond acceptors (Lipinski definition) is 5. The Balaban J connectivity index is 2.80. The number of pyridine rings is 1. The zero-order valence-corrected chi connectivity index (χ0v) is 10.1. The summed E-state index contributed by atoms with van der Waals surface area (Å²) in [6, 6.07) is 3.14. The first-order chi connectivity index (χ1) is 8.06. The number of amides is 1. The molecule has 1 aromatic heterocycles. The van der Waals surface area contributed by atoms with Crippen LogP contribution in [-0.2, 0) is 4.74 Å². The number of nitrogens with zero attached hydrogens (tertiary/aromatic N) is 2. The van der Waals surface area contributed by atoms with Gasteiger partial charge in [0.2, 0.25) is 0 Å². The first kappa shape index (κ1) is 13.2. The van der Waals surface area contributed by atoms with Crippen LogP contribution < -0.4 is 16.4 Å². The van der Waals surface area contributed by atoms with Crippen molar-refractivity contribution in [2.24, 2.45) is 5.73 Å². The zero-order valence-electron chi connectivity index (χ0n) is 10.1. The van der Waals surface area contributed by atoms with Gasteiger partial charge in [0, 0.05) is 20.2 Å². The van der Waals surface area contributed by atoms with Gasteiger partial charge >= 0.3 is 0 Å². The number of carbonyl (C=O) groups is 1. The van der Waals surface area contributed by atoms with E-state index in [2.05, 4.69) is 4.98 Å². The molecule has 0 aromatic carbocycles. The molecular formula is C11H18N4O2. The fourth-order valence-electron chi connectivity index (χ4n) is 1.35. The summed E-state index contributed by atoms with van der Waals surface area (Å²) in [5.74, 6) is -0.0227. The Morgan fingerprint density at radius 1 is 1.53 bits per heavy atom. The number of nitrogen functional groups attached to an aromatic ring is 1. The number of aromatic nitrogens is 1. The molecule has 6 nitrogen and oxygen atoms in total. The lowest BCUT2D eigenvalue weighted by Gasteiger charge is -2.19. The summed E-state index contributed by atoms with van der Waals surface area (Å²) in [6.07, 6.45) is 0. The molecule has 0 aliphatic rings. The van der Waals surface area contributed by atoms with E-state index in [0.29, 0.717) is 31.3 Å². The second-order valence-corrected chi connectivity index (χ2v) is 3.59. The molecule has 0 fully saturated rings. The summed E-state index contributed by atoms with van der Waals surface area (Å²) in [4.78, 5) is 17.0. The van der Waals surface area contributed by atoms with Gasteiger partial charge in [0.1, 0.15) is 5.69 Å². The van der Waals surface area contributed by atoms with Gasteiger partial charge < -0.3 is 21.1 Å². The average Bonchev–Trinajstić information content (AvgIpc) is 2.29. The van der Waals surface area contributed by atoms with Crippen LogP contribution in [-0.4, -0.2) is 37.7 Å². The fraction of sp³-hybridized carbons (Fsp3) is 0.455. The predicted octanol–water partition coefficient (Wildman–Crippen LogP) is 0.235. The van der Waals surface area contributed by atoms with Crippen LogP contribution in [0, 0.1) is 0 Å². The lowest BCUT2D eigenvalue weighted by Crippen LogP contribution is -2.25. The molecule has 0 unspecified atom stereocenters. The van der Waals surface area contributed by atoms with Gasteiger partial charge in [-0.3, -0.25) is 4.79 Å². The highest BCUT2D eigenvalue weighted by atomic mass is 16.5. The molecule has 0 radical (unpaired) electrons. The van der Waals surface area contributed by atoms with Gasteiger partial charge in [-0.25, -0.2) is 4.98 Å². The van der Waals surface area contributed by atoms with Gasteiger partial charge in [-0.1, -0.05) is 0 Å². The molecule has 1 aromatic rings. The molecule has 0 aliphatic heterocycles. The van der Waals surface area contributed by atoms with Crippen molar-refractivity contribution < 1.29 is 9.53 Å². The Bertz CT molecular complexity index is 395. The molecular weight excluding hydrogens is 220 g/mol. The smallest absolute Gasteiger partial charge is 0.267 e. The minimum Gasteiger partial charge on any atom is -0.396 e. The van der Waals surface area contributed by atoms with Gasteiger partial charge in [-0.2, -0.15) is 0 Å². The van der Waals surface area contributed by atoms with Crippen LogP contribution in [0.15, 0.2) is 12.1 Å². The highest BCUT2D eigenvalue weighted by Crippen LogP contribution is 2.19. The van der Waals surface area contributed by atoms with Crippen molar-refractivity contribution in [1.82, 2.24) is 4.98 Å². The number of primary amides is 1. The number of carbonyl (C=O) groups excluding carboxylic acids is 1. The molecule has 94 valence electrons. The maximum atomic E-state index is 11.0. The normalized spacial score (nSPS) is 10.2. The highest BCUT2D eigenvalue weighted by Gasteiger charge is 2.10. The van der Waals surface area contributed by atoms with Gasteiger partial charge in [-0.15, -0.1) is 0 Å². The van der Waals surface area contributed by atoms with E-state index in [1.807, 2.05) is 18.9 Å². The minimum absolute atomic E-state index is 0.206. The molecule has 0 spiro atoms. The van der Waals surface area contributed by atoms with E-state index in [0.717, 1.165) is 0 Å². The number of anilines is 2. The van der Waals surface area contributed by atoms with Crippen LogP contribution in [0.25, 0.3) is 0 Å². The van der Waals surface area contributed by atoms with Crippen molar-refractivity contribution in [2.75, 3.05) is 37.4 Å². The van der Waals surface area contributed by atoms with Crippen LogP contribution in [0.5, 0.6) is 0 Å². The predicted molar refractivity (Wildman–Crippen MR) is 66.9 cm³/mol. The van der Waals surface area contributed by atoms with E-state index in [-0.39, 0.29) is 5.69 Å². The Kier molecular flexibility index (Phi) is 4.71. The van der Waals surface area contributed by atoms with E-state index in [1.165, 1.54) is 6.07 Å². The molecule has 0 aliphatic carbocycles. The largest absolute Gasteiger partial charge is 0.396 e. The summed E-state index contributed by atoms with van der Waals surface area (Å²) >= 11 is 0. The molecule has 0 saturated heterocycles. The number of rotatable bonds is 6. The van der Waals surface area contributed by atoms with Gasteiger partial charge in [0.25, 0.3) is 5.91 Å². The molecule has 1 heterocycles. The maximum absolute atomic E-state index is 11.0. The van der Waals surface area contributed by atoms with Crippen molar-refractivity contribution in [2.45, 2.75) is 6.92 Å². The van der Waals surface area contributed by atoms with Crippen LogP contribution >= 0.6 is 0 Å². The van der Waals surface area contributed by atoms with Crippen LogP contribution in [0.3, 0.4) is 0 Å². The van der Waals surface area contributed by atoms with Gasteiger partial charge in [0.15, 0.2) is 5.82 Å². The summed E-state index contributed by atoms with van der Waals surface area (Å²) < 4.78 is 5.24. The molecule has 0 bridgehead atoms. The van der Waals surface area contributed by atoms with Crippen molar-refractivity contribution in [3.8, 4) is 0 Å². The van der Waals surface area contributed by atoms with E-state index < -0.39 is 5.91 Å². The van der Waals surface area contributed by atoms with Crippen molar-refractivity contribution in [3.63, 3.8) is 0 Å². The lowest BCUT2D eigenvalue weighted by molar-refractivity contribution is 0.0995. The topological polar surface area (TPSA) is 94.5 Å². The fourth-order valence-corrected chi connectivity index (χ4v) is 1.35. The summed E-state index contributed by atoms with van der Waals surface area (Å²) in [5.41, 5.74) is 11.7. The zero-order chi connectivity index (χ0) is 12.8. The summed E-state index contributed by atoms with van der Waals surface area (Å²) in [7, 11) is 1.84. The number of ether oxygens (including phenoxy) is 1. The summed E-state index contributed by atoms with van der Waals surface area (Å²) in [6.45, 7) is 3.82. The Labute approximate surface area is 101 Å². The van der Waals surface area contributed by atoms with Gasteiger partial charge in [0.05, 0.1) is 12.3 Å². The number of likely N-dealkylation sites (N-methyl/N-ethyl adjacent to an activating group) is 1. The first-order valence-corrected chi connectivity index (χ1v) is 5.41. The SMILES string of the molecule is CCOCCN(C)c1nc(C(N)=O)ccc1N.